The number of pyridine rings is 1. The van der Waals surface area contributed by atoms with Crippen molar-refractivity contribution in [1.29, 1.82) is 0 Å². The number of fused-ring (bicyclic) bond motifs is 1. The van der Waals surface area contributed by atoms with Gasteiger partial charge < -0.3 is 14.6 Å². The Hall–Kier alpha value is -2.82. The maximum absolute atomic E-state index is 12.9. The summed E-state index contributed by atoms with van der Waals surface area (Å²) in [4.78, 5) is 20.1. The van der Waals surface area contributed by atoms with Crippen molar-refractivity contribution < 1.29 is 9.21 Å². The minimum Gasteiger partial charge on any atom is -0.465 e. The third-order valence-corrected chi connectivity index (χ3v) is 5.15. The third-order valence-electron chi connectivity index (χ3n) is 5.15. The lowest BCUT2D eigenvalue weighted by Gasteiger charge is -2.32. The molecule has 1 atom stereocenters. The maximum atomic E-state index is 12.9. The Morgan fingerprint density at radius 2 is 2.15 bits per heavy atom. The minimum absolute atomic E-state index is 0.103. The molecule has 3 aromatic rings. The molecule has 0 radical (unpaired) electrons. The van der Waals surface area contributed by atoms with Gasteiger partial charge in [0, 0.05) is 18.5 Å². The number of hydrogen-bond donors (Lipinski definition) is 1. The number of aromatic nitrogens is 1. The van der Waals surface area contributed by atoms with Crippen molar-refractivity contribution in [3.05, 3.63) is 59.5 Å². The number of rotatable bonds is 4. The molecule has 1 fully saturated rings. The van der Waals surface area contributed by atoms with Crippen molar-refractivity contribution >= 4 is 22.6 Å². The van der Waals surface area contributed by atoms with Gasteiger partial charge in [0.15, 0.2) is 0 Å². The van der Waals surface area contributed by atoms with Gasteiger partial charge in [-0.05, 0) is 49.9 Å². The molecule has 0 aliphatic carbocycles. The lowest BCUT2D eigenvalue weighted by atomic mass is 10.00. The van der Waals surface area contributed by atoms with E-state index in [-0.39, 0.29) is 5.91 Å². The molecule has 1 saturated heterocycles. The van der Waals surface area contributed by atoms with Gasteiger partial charge in [-0.1, -0.05) is 25.1 Å². The molecule has 1 aliphatic rings. The number of para-hydroxylation sites is 1. The van der Waals surface area contributed by atoms with Gasteiger partial charge in [0.05, 0.1) is 17.6 Å². The van der Waals surface area contributed by atoms with Crippen LogP contribution in [0.4, 0.5) is 5.82 Å². The number of carbonyl (C=O) groups excluding carboxylic acids is 1. The van der Waals surface area contributed by atoms with E-state index in [0.29, 0.717) is 18.0 Å². The summed E-state index contributed by atoms with van der Waals surface area (Å²) in [5.74, 6) is 3.03. The molecule has 3 heterocycles. The number of anilines is 1. The summed E-state index contributed by atoms with van der Waals surface area (Å²) < 4.78 is 5.55. The van der Waals surface area contributed by atoms with E-state index in [1.165, 1.54) is 6.42 Å². The Morgan fingerprint density at radius 3 is 2.93 bits per heavy atom. The number of furan rings is 1. The van der Waals surface area contributed by atoms with Crippen molar-refractivity contribution in [2.24, 2.45) is 5.92 Å². The van der Waals surface area contributed by atoms with E-state index in [1.54, 1.807) is 0 Å². The van der Waals surface area contributed by atoms with Gasteiger partial charge in [0.25, 0.3) is 5.91 Å². The van der Waals surface area contributed by atoms with E-state index in [4.69, 9.17) is 9.40 Å². The van der Waals surface area contributed by atoms with Gasteiger partial charge in [-0.15, -0.1) is 0 Å². The molecule has 140 valence electrons. The largest absolute Gasteiger partial charge is 0.465 e. The zero-order valence-electron chi connectivity index (χ0n) is 15.9. The first-order valence-corrected chi connectivity index (χ1v) is 9.58. The number of nitrogens with one attached hydrogen (secondary N) is 1. The van der Waals surface area contributed by atoms with Crippen molar-refractivity contribution in [3.8, 4) is 0 Å². The van der Waals surface area contributed by atoms with Gasteiger partial charge in [0.2, 0.25) is 0 Å². The summed E-state index contributed by atoms with van der Waals surface area (Å²) in [6.45, 7) is 6.51. The van der Waals surface area contributed by atoms with Crippen molar-refractivity contribution in [1.82, 2.24) is 10.3 Å². The highest BCUT2D eigenvalue weighted by Gasteiger charge is 2.20. The molecule has 2 aromatic heterocycles. The van der Waals surface area contributed by atoms with E-state index in [9.17, 15) is 4.79 Å². The molecule has 1 amide bonds. The predicted octanol–water partition coefficient (Wildman–Crippen LogP) is 4.30. The third kappa shape index (κ3) is 3.82. The lowest BCUT2D eigenvalue weighted by molar-refractivity contribution is 0.0949. The van der Waals surface area contributed by atoms with Gasteiger partial charge >= 0.3 is 0 Å². The standard InChI is InChI=1S/C22H25N3O2/c1-15-6-5-11-25(14-15)21-12-19(18-7-3-4-8-20(18)24-21)22(26)23-13-17-10-9-16(2)27-17/h3-4,7-10,12,15H,5-6,11,13-14H2,1-2H3,(H,23,26). The van der Waals surface area contributed by atoms with Crippen molar-refractivity contribution in [3.63, 3.8) is 0 Å². The van der Waals surface area contributed by atoms with E-state index < -0.39 is 0 Å². The first kappa shape index (κ1) is 17.6. The summed E-state index contributed by atoms with van der Waals surface area (Å²) in [5, 5.41) is 3.86. The van der Waals surface area contributed by atoms with Crippen LogP contribution in [0, 0.1) is 12.8 Å². The number of piperidine rings is 1. The van der Waals surface area contributed by atoms with E-state index in [1.807, 2.05) is 49.4 Å². The molecular weight excluding hydrogens is 338 g/mol. The molecule has 0 bridgehead atoms. The molecule has 1 aliphatic heterocycles. The number of amides is 1. The maximum Gasteiger partial charge on any atom is 0.252 e. The van der Waals surface area contributed by atoms with Crippen LogP contribution in [0.1, 0.15) is 41.6 Å². The molecule has 0 spiro atoms. The van der Waals surface area contributed by atoms with Crippen molar-refractivity contribution in [2.45, 2.75) is 33.2 Å². The fourth-order valence-corrected chi connectivity index (χ4v) is 3.75. The lowest BCUT2D eigenvalue weighted by Crippen LogP contribution is -2.35. The van der Waals surface area contributed by atoms with Gasteiger partial charge in [-0.2, -0.15) is 0 Å². The Morgan fingerprint density at radius 1 is 1.30 bits per heavy atom. The van der Waals surface area contributed by atoms with Crippen LogP contribution in [0.5, 0.6) is 0 Å². The molecular formula is C22H25N3O2. The van der Waals surface area contributed by atoms with Crippen LogP contribution in [0.15, 0.2) is 46.9 Å². The highest BCUT2D eigenvalue weighted by molar-refractivity contribution is 6.07. The zero-order chi connectivity index (χ0) is 18.8. The van der Waals surface area contributed by atoms with Crippen LogP contribution in [0.25, 0.3) is 10.9 Å². The van der Waals surface area contributed by atoms with E-state index in [0.717, 1.165) is 47.8 Å². The summed E-state index contributed by atoms with van der Waals surface area (Å²) in [7, 11) is 0. The second-order valence-electron chi connectivity index (χ2n) is 7.43. The van der Waals surface area contributed by atoms with Crippen LogP contribution < -0.4 is 10.2 Å². The number of nitrogens with zero attached hydrogens (tertiary/aromatic N) is 2. The summed E-state index contributed by atoms with van der Waals surface area (Å²) in [6, 6.07) is 13.6. The number of benzene rings is 1. The number of hydrogen-bond acceptors (Lipinski definition) is 4. The van der Waals surface area contributed by atoms with Gasteiger partial charge in [-0.25, -0.2) is 4.98 Å². The average molecular weight is 363 g/mol. The van der Waals surface area contributed by atoms with Crippen LogP contribution >= 0.6 is 0 Å². The fourth-order valence-electron chi connectivity index (χ4n) is 3.75. The Kier molecular flexibility index (Phi) is 4.84. The highest BCUT2D eigenvalue weighted by Crippen LogP contribution is 2.26. The van der Waals surface area contributed by atoms with Crippen molar-refractivity contribution in [2.75, 3.05) is 18.0 Å². The molecule has 1 unspecified atom stereocenters. The first-order valence-electron chi connectivity index (χ1n) is 9.58. The second-order valence-corrected chi connectivity index (χ2v) is 7.43. The fraction of sp³-hybridized carbons (Fsp3) is 0.364. The summed E-state index contributed by atoms with van der Waals surface area (Å²) in [6.07, 6.45) is 2.41. The van der Waals surface area contributed by atoms with Gasteiger partial charge in [-0.3, -0.25) is 4.79 Å². The average Bonchev–Trinajstić information content (AvgIpc) is 3.10. The predicted molar refractivity (Wildman–Crippen MR) is 107 cm³/mol. The topological polar surface area (TPSA) is 58.4 Å². The number of aryl methyl sites for hydroxylation is 1. The second kappa shape index (κ2) is 7.43. The van der Waals surface area contributed by atoms with Gasteiger partial charge in [0.1, 0.15) is 17.3 Å². The number of carbonyl (C=O) groups is 1. The Balaban J connectivity index is 1.64. The normalized spacial score (nSPS) is 17.3. The smallest absolute Gasteiger partial charge is 0.252 e. The summed E-state index contributed by atoms with van der Waals surface area (Å²) >= 11 is 0. The molecule has 27 heavy (non-hydrogen) atoms. The van der Waals surface area contributed by atoms with Crippen LogP contribution in [0.2, 0.25) is 0 Å². The molecule has 4 rings (SSSR count). The molecule has 1 N–H and O–H groups in total. The SMILES string of the molecule is Cc1ccc(CNC(=O)c2cc(N3CCCC(C)C3)nc3ccccc23)o1. The molecule has 0 saturated carbocycles. The molecule has 5 nitrogen and oxygen atoms in total. The van der Waals surface area contributed by atoms with E-state index >= 15 is 0 Å². The first-order chi connectivity index (χ1) is 13.1. The summed E-state index contributed by atoms with van der Waals surface area (Å²) in [5.41, 5.74) is 1.52. The zero-order valence-corrected chi connectivity index (χ0v) is 15.9. The van der Waals surface area contributed by atoms with Crippen LogP contribution in [-0.2, 0) is 6.54 Å². The Bertz CT molecular complexity index is 963. The molecule has 1 aromatic carbocycles. The Labute approximate surface area is 159 Å². The molecule has 5 heteroatoms. The van der Waals surface area contributed by atoms with E-state index in [2.05, 4.69) is 17.1 Å². The minimum atomic E-state index is -0.103. The quantitative estimate of drug-likeness (QED) is 0.751. The van der Waals surface area contributed by atoms with Crippen LogP contribution in [0.3, 0.4) is 0 Å². The highest BCUT2D eigenvalue weighted by atomic mass is 16.3. The van der Waals surface area contributed by atoms with Crippen LogP contribution in [-0.4, -0.2) is 24.0 Å². The monoisotopic (exact) mass is 363 g/mol.